The summed E-state index contributed by atoms with van der Waals surface area (Å²) in [5.74, 6) is -0.553. The molecule has 0 saturated carbocycles. The second kappa shape index (κ2) is 9.50. The van der Waals surface area contributed by atoms with Crippen LogP contribution < -0.4 is 10.0 Å². The van der Waals surface area contributed by atoms with E-state index in [0.717, 1.165) is 4.90 Å². The lowest BCUT2D eigenvalue weighted by Crippen LogP contribution is -2.41. The normalized spacial score (nSPS) is 14.3. The third-order valence-corrected chi connectivity index (χ3v) is 6.65. The fraction of sp³-hybridized carbons (Fsp3) is 0.300. The molecule has 1 aliphatic rings. The summed E-state index contributed by atoms with van der Waals surface area (Å²) < 4.78 is 33.8. The second-order valence-electron chi connectivity index (χ2n) is 6.60. The Morgan fingerprint density at radius 1 is 1.07 bits per heavy atom. The number of carbonyl (C=O) groups is 2. The lowest BCUT2D eigenvalue weighted by atomic mass is 10.1. The van der Waals surface area contributed by atoms with Crippen molar-refractivity contribution >= 4 is 45.0 Å². The summed E-state index contributed by atoms with van der Waals surface area (Å²) in [6.45, 7) is 3.17. The summed E-state index contributed by atoms with van der Waals surface area (Å²) in [5, 5.41) is 2.65. The number of nitrogens with one attached hydrogen (secondary N) is 2. The first-order valence-electron chi connectivity index (χ1n) is 9.26. The van der Waals surface area contributed by atoms with Crippen LogP contribution in [-0.2, 0) is 19.6 Å². The Bertz CT molecular complexity index is 1050. The molecule has 30 heavy (non-hydrogen) atoms. The molecule has 2 aromatic rings. The first-order valence-corrected chi connectivity index (χ1v) is 12.0. The molecule has 1 saturated heterocycles. The Hall–Kier alpha value is -2.56. The van der Waals surface area contributed by atoms with Gasteiger partial charge < -0.3 is 15.0 Å². The molecule has 8 nitrogen and oxygen atoms in total. The lowest BCUT2D eigenvalue weighted by Gasteiger charge is -2.27. The van der Waals surface area contributed by atoms with Crippen LogP contribution in [0.5, 0.6) is 0 Å². The number of anilines is 2. The number of morpholine rings is 1. The molecular formula is C20H23N3O5S2. The Labute approximate surface area is 180 Å². The van der Waals surface area contributed by atoms with Gasteiger partial charge in [0.05, 0.1) is 35.0 Å². The van der Waals surface area contributed by atoms with Crippen molar-refractivity contribution in [2.45, 2.75) is 16.7 Å². The molecule has 1 aliphatic heterocycles. The van der Waals surface area contributed by atoms with Crippen LogP contribution in [-0.4, -0.2) is 57.7 Å². The summed E-state index contributed by atoms with van der Waals surface area (Å²) in [6.07, 6.45) is 1.83. The van der Waals surface area contributed by atoms with Crippen LogP contribution in [0, 0.1) is 0 Å². The number of rotatable bonds is 6. The monoisotopic (exact) mass is 449 g/mol. The minimum atomic E-state index is -3.99. The third kappa shape index (κ3) is 5.13. The number of amides is 2. The number of nitrogens with zero attached hydrogens (tertiary/aromatic N) is 1. The van der Waals surface area contributed by atoms with Crippen molar-refractivity contribution in [3.63, 3.8) is 0 Å². The van der Waals surface area contributed by atoms with E-state index in [1.807, 2.05) is 6.26 Å². The van der Waals surface area contributed by atoms with Crippen molar-refractivity contribution in [1.29, 1.82) is 0 Å². The van der Waals surface area contributed by atoms with Crippen LogP contribution in [0.1, 0.15) is 17.3 Å². The molecule has 2 aromatic carbocycles. The van der Waals surface area contributed by atoms with Crippen molar-refractivity contribution in [1.82, 2.24) is 4.90 Å². The summed E-state index contributed by atoms with van der Waals surface area (Å²) in [4.78, 5) is 26.7. The maximum Gasteiger partial charge on any atom is 0.261 e. The Morgan fingerprint density at radius 2 is 1.77 bits per heavy atom. The van der Waals surface area contributed by atoms with Gasteiger partial charge in [0, 0.05) is 24.9 Å². The molecule has 2 amide bonds. The molecule has 0 bridgehead atoms. The maximum atomic E-state index is 13.0. The zero-order chi connectivity index (χ0) is 21.7. The van der Waals surface area contributed by atoms with Crippen LogP contribution in [0.2, 0.25) is 0 Å². The second-order valence-corrected chi connectivity index (χ2v) is 9.13. The molecule has 160 valence electrons. The van der Waals surface area contributed by atoms with Crippen LogP contribution in [0.3, 0.4) is 0 Å². The quantitative estimate of drug-likeness (QED) is 0.657. The van der Waals surface area contributed by atoms with Gasteiger partial charge in [-0.15, -0.1) is 11.8 Å². The van der Waals surface area contributed by atoms with Gasteiger partial charge in [0.15, 0.2) is 0 Å². The van der Waals surface area contributed by atoms with Crippen LogP contribution in [0.25, 0.3) is 0 Å². The summed E-state index contributed by atoms with van der Waals surface area (Å²) >= 11 is 1.39. The van der Waals surface area contributed by atoms with Gasteiger partial charge in [0.25, 0.3) is 15.9 Å². The molecule has 0 spiro atoms. The van der Waals surface area contributed by atoms with Crippen molar-refractivity contribution < 1.29 is 22.7 Å². The number of ether oxygens (including phenoxy) is 1. The van der Waals surface area contributed by atoms with E-state index in [0.29, 0.717) is 32.0 Å². The minimum Gasteiger partial charge on any atom is -0.378 e. The molecule has 1 fully saturated rings. The lowest BCUT2D eigenvalue weighted by molar-refractivity contribution is -0.114. The van der Waals surface area contributed by atoms with Gasteiger partial charge in [-0.05, 0) is 36.6 Å². The van der Waals surface area contributed by atoms with Gasteiger partial charge in [-0.2, -0.15) is 0 Å². The number of sulfonamides is 1. The van der Waals surface area contributed by atoms with Crippen molar-refractivity contribution in [3.05, 3.63) is 48.0 Å². The number of hydrogen-bond donors (Lipinski definition) is 2. The highest BCUT2D eigenvalue weighted by Gasteiger charge is 2.24. The SMILES string of the molecule is CSc1ccc(S(=O)(=O)Nc2ccccc2C(=O)N2CCOCC2)cc1NC(C)=O. The zero-order valence-corrected chi connectivity index (χ0v) is 18.3. The van der Waals surface area contributed by atoms with Crippen LogP contribution in [0.15, 0.2) is 52.3 Å². The number of carbonyl (C=O) groups excluding carboxylic acids is 2. The number of para-hydroxylation sites is 1. The average molecular weight is 450 g/mol. The molecule has 10 heteroatoms. The van der Waals surface area contributed by atoms with Gasteiger partial charge in [-0.25, -0.2) is 8.42 Å². The highest BCUT2D eigenvalue weighted by molar-refractivity contribution is 7.98. The summed E-state index contributed by atoms with van der Waals surface area (Å²) in [5.41, 5.74) is 0.880. The smallest absolute Gasteiger partial charge is 0.261 e. The molecule has 3 rings (SSSR count). The van der Waals surface area contributed by atoms with Gasteiger partial charge >= 0.3 is 0 Å². The Kier molecular flexibility index (Phi) is 7.01. The topological polar surface area (TPSA) is 105 Å². The molecule has 0 unspecified atom stereocenters. The molecule has 2 N–H and O–H groups in total. The van der Waals surface area contributed by atoms with E-state index in [2.05, 4.69) is 10.0 Å². The third-order valence-electron chi connectivity index (χ3n) is 4.49. The van der Waals surface area contributed by atoms with E-state index in [-0.39, 0.29) is 28.0 Å². The number of benzene rings is 2. The van der Waals surface area contributed by atoms with Gasteiger partial charge in [-0.1, -0.05) is 12.1 Å². The van der Waals surface area contributed by atoms with E-state index in [4.69, 9.17) is 4.74 Å². The fourth-order valence-corrected chi connectivity index (χ4v) is 4.68. The molecular weight excluding hydrogens is 426 g/mol. The standard InChI is InChI=1S/C20H23N3O5S2/c1-14(24)21-18-13-15(7-8-19(18)29-2)30(26,27)22-17-6-4-3-5-16(17)20(25)23-9-11-28-12-10-23/h3-8,13,22H,9-12H2,1-2H3,(H,21,24). The van der Waals surface area contributed by atoms with E-state index >= 15 is 0 Å². The van der Waals surface area contributed by atoms with Gasteiger partial charge in [0.2, 0.25) is 5.91 Å². The van der Waals surface area contributed by atoms with Crippen molar-refractivity contribution in [3.8, 4) is 0 Å². The predicted octanol–water partition coefficient (Wildman–Crippen LogP) is 2.64. The summed E-state index contributed by atoms with van der Waals surface area (Å²) in [6, 6.07) is 11.0. The van der Waals surface area contributed by atoms with E-state index < -0.39 is 10.0 Å². The van der Waals surface area contributed by atoms with Crippen LogP contribution in [0.4, 0.5) is 11.4 Å². The first kappa shape index (κ1) is 22.1. The van der Waals surface area contributed by atoms with E-state index in [9.17, 15) is 18.0 Å². The average Bonchev–Trinajstić information content (AvgIpc) is 2.73. The molecule has 1 heterocycles. The highest BCUT2D eigenvalue weighted by atomic mass is 32.2. The molecule has 0 aromatic heterocycles. The van der Waals surface area contributed by atoms with Crippen molar-refractivity contribution in [2.75, 3.05) is 42.6 Å². The summed E-state index contributed by atoms with van der Waals surface area (Å²) in [7, 11) is -3.99. The van der Waals surface area contributed by atoms with E-state index in [1.165, 1.54) is 30.8 Å². The van der Waals surface area contributed by atoms with E-state index in [1.54, 1.807) is 35.2 Å². The largest absolute Gasteiger partial charge is 0.378 e. The first-order chi connectivity index (χ1) is 14.3. The predicted molar refractivity (Wildman–Crippen MR) is 116 cm³/mol. The van der Waals surface area contributed by atoms with Gasteiger partial charge in [-0.3, -0.25) is 14.3 Å². The molecule has 0 radical (unpaired) electrons. The van der Waals surface area contributed by atoms with Crippen LogP contribution >= 0.6 is 11.8 Å². The van der Waals surface area contributed by atoms with Gasteiger partial charge in [0.1, 0.15) is 0 Å². The Morgan fingerprint density at radius 3 is 2.43 bits per heavy atom. The maximum absolute atomic E-state index is 13.0. The Balaban J connectivity index is 1.91. The minimum absolute atomic E-state index is 0.0160. The zero-order valence-electron chi connectivity index (χ0n) is 16.7. The molecule has 0 atom stereocenters. The number of thioether (sulfide) groups is 1. The number of hydrogen-bond acceptors (Lipinski definition) is 6. The highest BCUT2D eigenvalue weighted by Crippen LogP contribution is 2.29. The fourth-order valence-electron chi connectivity index (χ4n) is 3.04. The molecule has 0 aliphatic carbocycles. The van der Waals surface area contributed by atoms with Crippen molar-refractivity contribution in [2.24, 2.45) is 0 Å².